The minimum atomic E-state index is -2.95. The van der Waals surface area contributed by atoms with E-state index in [0.717, 1.165) is 0 Å². The van der Waals surface area contributed by atoms with Crippen molar-refractivity contribution in [3.8, 4) is 11.4 Å². The van der Waals surface area contributed by atoms with Crippen LogP contribution in [-0.2, 0) is 16.4 Å². The standard InChI is InChI=1S/C12H14FN5O2S/c13-10-5-9(1-2-11(10)14)12-15-16-17-18(12)6-8-3-4-21(19,20)7-8/h1-2,5,8H,3-4,6-7,14H2. The highest BCUT2D eigenvalue weighted by Gasteiger charge is 2.29. The van der Waals surface area contributed by atoms with Crippen molar-refractivity contribution in [2.45, 2.75) is 13.0 Å². The first-order chi connectivity index (χ1) is 9.94. The minimum absolute atomic E-state index is 0.0177. The highest BCUT2D eigenvalue weighted by Crippen LogP contribution is 2.24. The second kappa shape index (κ2) is 5.06. The molecule has 1 aromatic heterocycles. The van der Waals surface area contributed by atoms with Gasteiger partial charge in [-0.05, 0) is 41.0 Å². The van der Waals surface area contributed by atoms with Gasteiger partial charge in [-0.2, -0.15) is 0 Å². The van der Waals surface area contributed by atoms with Gasteiger partial charge in [-0.1, -0.05) is 0 Å². The van der Waals surface area contributed by atoms with Crippen LogP contribution in [0.4, 0.5) is 10.1 Å². The van der Waals surface area contributed by atoms with Crippen molar-refractivity contribution in [3.05, 3.63) is 24.0 Å². The molecular weight excluding hydrogens is 297 g/mol. The predicted octanol–water partition coefficient (Wildman–Crippen LogP) is 0.496. The molecule has 1 fully saturated rings. The highest BCUT2D eigenvalue weighted by molar-refractivity contribution is 7.91. The Hall–Kier alpha value is -2.03. The van der Waals surface area contributed by atoms with Crippen LogP contribution in [0, 0.1) is 11.7 Å². The van der Waals surface area contributed by atoms with Crippen LogP contribution in [-0.4, -0.2) is 40.1 Å². The fraction of sp³-hybridized carbons (Fsp3) is 0.417. The Kier molecular flexibility index (Phi) is 3.36. The van der Waals surface area contributed by atoms with Gasteiger partial charge >= 0.3 is 0 Å². The number of rotatable bonds is 3. The van der Waals surface area contributed by atoms with Crippen LogP contribution in [0.15, 0.2) is 18.2 Å². The van der Waals surface area contributed by atoms with Gasteiger partial charge in [0.2, 0.25) is 0 Å². The zero-order chi connectivity index (χ0) is 15.0. The van der Waals surface area contributed by atoms with Gasteiger partial charge in [-0.25, -0.2) is 17.5 Å². The zero-order valence-corrected chi connectivity index (χ0v) is 11.9. The monoisotopic (exact) mass is 311 g/mol. The molecule has 1 atom stereocenters. The predicted molar refractivity (Wildman–Crippen MR) is 74.4 cm³/mol. The van der Waals surface area contributed by atoms with E-state index >= 15 is 0 Å². The van der Waals surface area contributed by atoms with Crippen LogP contribution in [0.2, 0.25) is 0 Å². The summed E-state index contributed by atoms with van der Waals surface area (Å²) in [5.41, 5.74) is 6.00. The number of tetrazole rings is 1. The number of nitrogens with two attached hydrogens (primary N) is 1. The van der Waals surface area contributed by atoms with E-state index in [1.54, 1.807) is 6.07 Å². The molecule has 0 radical (unpaired) electrons. The summed E-state index contributed by atoms with van der Waals surface area (Å²) in [6.45, 7) is 0.396. The molecule has 2 heterocycles. The molecule has 2 N–H and O–H groups in total. The van der Waals surface area contributed by atoms with E-state index < -0.39 is 15.7 Å². The van der Waals surface area contributed by atoms with E-state index in [1.165, 1.54) is 16.8 Å². The molecule has 1 aromatic carbocycles. The lowest BCUT2D eigenvalue weighted by atomic mass is 10.1. The molecule has 1 unspecified atom stereocenters. The van der Waals surface area contributed by atoms with E-state index in [1.807, 2.05) is 0 Å². The van der Waals surface area contributed by atoms with Crippen LogP contribution in [0.3, 0.4) is 0 Å². The lowest BCUT2D eigenvalue weighted by Crippen LogP contribution is -2.14. The molecule has 2 aromatic rings. The Morgan fingerprint density at radius 3 is 2.90 bits per heavy atom. The van der Waals surface area contributed by atoms with E-state index in [2.05, 4.69) is 15.5 Å². The number of nitrogen functional groups attached to an aromatic ring is 1. The SMILES string of the molecule is Nc1ccc(-c2nnnn2CC2CCS(=O)(=O)C2)cc1F. The second-order valence-corrected chi connectivity index (χ2v) is 7.42. The molecule has 0 spiro atoms. The average molecular weight is 311 g/mol. The maximum atomic E-state index is 13.5. The third-order valence-electron chi connectivity index (χ3n) is 3.55. The third kappa shape index (κ3) is 2.87. The van der Waals surface area contributed by atoms with Crippen molar-refractivity contribution in [2.75, 3.05) is 17.2 Å². The minimum Gasteiger partial charge on any atom is -0.396 e. The molecule has 0 bridgehead atoms. The van der Waals surface area contributed by atoms with Crippen LogP contribution < -0.4 is 5.73 Å². The zero-order valence-electron chi connectivity index (χ0n) is 11.1. The number of aromatic nitrogens is 4. The van der Waals surface area contributed by atoms with Gasteiger partial charge in [0.05, 0.1) is 17.2 Å². The fourth-order valence-electron chi connectivity index (χ4n) is 2.46. The quantitative estimate of drug-likeness (QED) is 0.828. The van der Waals surface area contributed by atoms with Crippen molar-refractivity contribution in [3.63, 3.8) is 0 Å². The number of halogens is 1. The van der Waals surface area contributed by atoms with Gasteiger partial charge in [0, 0.05) is 12.1 Å². The summed E-state index contributed by atoms with van der Waals surface area (Å²) in [5, 5.41) is 11.3. The molecule has 112 valence electrons. The summed E-state index contributed by atoms with van der Waals surface area (Å²) in [4.78, 5) is 0. The fourth-order valence-corrected chi connectivity index (χ4v) is 4.31. The maximum absolute atomic E-state index is 13.5. The summed E-state index contributed by atoms with van der Waals surface area (Å²) in [5.74, 6) is 0.188. The Bertz CT molecular complexity index is 774. The van der Waals surface area contributed by atoms with E-state index in [0.29, 0.717) is 24.4 Å². The molecule has 0 amide bonds. The molecule has 0 saturated carbocycles. The number of sulfone groups is 1. The van der Waals surface area contributed by atoms with Gasteiger partial charge in [0.1, 0.15) is 5.82 Å². The van der Waals surface area contributed by atoms with Crippen LogP contribution in [0.1, 0.15) is 6.42 Å². The van der Waals surface area contributed by atoms with E-state index in [9.17, 15) is 12.8 Å². The number of nitrogens with zero attached hydrogens (tertiary/aromatic N) is 4. The molecule has 1 aliphatic heterocycles. The van der Waals surface area contributed by atoms with Gasteiger partial charge in [0.25, 0.3) is 0 Å². The summed E-state index contributed by atoms with van der Waals surface area (Å²) >= 11 is 0. The third-order valence-corrected chi connectivity index (χ3v) is 5.39. The van der Waals surface area contributed by atoms with Gasteiger partial charge in [-0.15, -0.1) is 5.10 Å². The lowest BCUT2D eigenvalue weighted by molar-refractivity contribution is 0.452. The Labute approximate surface area is 120 Å². The summed E-state index contributed by atoms with van der Waals surface area (Å²) in [7, 11) is -2.95. The van der Waals surface area contributed by atoms with Crippen LogP contribution >= 0.6 is 0 Å². The lowest BCUT2D eigenvalue weighted by Gasteiger charge is -2.09. The van der Waals surface area contributed by atoms with Gasteiger partial charge in [0.15, 0.2) is 15.7 Å². The first kappa shape index (κ1) is 13.9. The average Bonchev–Trinajstić information content (AvgIpc) is 3.00. The molecule has 1 aliphatic rings. The Morgan fingerprint density at radius 1 is 1.43 bits per heavy atom. The van der Waals surface area contributed by atoms with Gasteiger partial charge in [-0.3, -0.25) is 0 Å². The Balaban J connectivity index is 1.85. The molecule has 9 heteroatoms. The summed E-state index contributed by atoms with van der Waals surface area (Å²) in [6, 6.07) is 4.35. The molecule has 21 heavy (non-hydrogen) atoms. The number of anilines is 1. The molecule has 0 aliphatic carbocycles. The summed E-state index contributed by atoms with van der Waals surface area (Å²) in [6.07, 6.45) is 0.595. The Morgan fingerprint density at radius 2 is 2.24 bits per heavy atom. The molecule has 3 rings (SSSR count). The van der Waals surface area contributed by atoms with Crippen molar-refractivity contribution < 1.29 is 12.8 Å². The number of hydrogen-bond acceptors (Lipinski definition) is 6. The number of benzene rings is 1. The molecule has 7 nitrogen and oxygen atoms in total. The van der Waals surface area contributed by atoms with Crippen LogP contribution in [0.25, 0.3) is 11.4 Å². The normalized spacial score (nSPS) is 20.7. The van der Waals surface area contributed by atoms with Crippen molar-refractivity contribution in [1.29, 1.82) is 0 Å². The van der Waals surface area contributed by atoms with Gasteiger partial charge < -0.3 is 5.73 Å². The first-order valence-electron chi connectivity index (χ1n) is 6.46. The summed E-state index contributed by atoms with van der Waals surface area (Å²) < 4.78 is 38.0. The molecule has 1 saturated heterocycles. The first-order valence-corrected chi connectivity index (χ1v) is 8.29. The van der Waals surface area contributed by atoms with E-state index in [-0.39, 0.29) is 23.1 Å². The smallest absolute Gasteiger partial charge is 0.182 e. The highest BCUT2D eigenvalue weighted by atomic mass is 32.2. The van der Waals surface area contributed by atoms with Crippen molar-refractivity contribution in [2.24, 2.45) is 5.92 Å². The largest absolute Gasteiger partial charge is 0.396 e. The molecular formula is C12H14FN5O2S. The van der Waals surface area contributed by atoms with Crippen molar-refractivity contribution >= 4 is 15.5 Å². The van der Waals surface area contributed by atoms with Crippen molar-refractivity contribution in [1.82, 2.24) is 20.2 Å². The topological polar surface area (TPSA) is 104 Å². The second-order valence-electron chi connectivity index (χ2n) is 5.19. The van der Waals surface area contributed by atoms with E-state index in [4.69, 9.17) is 5.73 Å². The maximum Gasteiger partial charge on any atom is 0.182 e. The number of hydrogen-bond donors (Lipinski definition) is 1. The van der Waals surface area contributed by atoms with Crippen LogP contribution in [0.5, 0.6) is 0 Å².